The number of unbranched alkanes of at least 4 members (excludes halogenated alkanes) is 6. The van der Waals surface area contributed by atoms with Gasteiger partial charge in [0.15, 0.2) is 0 Å². The third-order valence-electron chi connectivity index (χ3n) is 3.93. The minimum Gasteiger partial charge on any atom is -0.462 e. The molecule has 2 N–H and O–H groups in total. The monoisotopic (exact) mass is 366 g/mol. The minimum atomic E-state index is -0.407. The number of aliphatic hydroxyl groups excluding tert-OH is 2. The fraction of sp³-hybridized carbons (Fsp3) is 0.600. The number of hydrogen-bond donors (Lipinski definition) is 2. The number of benzene rings is 1. The molecule has 26 heavy (non-hydrogen) atoms. The van der Waals surface area contributed by atoms with E-state index < -0.39 is 11.9 Å². The summed E-state index contributed by atoms with van der Waals surface area (Å²) in [6.07, 6.45) is 6.76. The summed E-state index contributed by atoms with van der Waals surface area (Å²) >= 11 is 0. The molecule has 1 rings (SSSR count). The van der Waals surface area contributed by atoms with Crippen molar-refractivity contribution in [3.05, 3.63) is 35.4 Å². The van der Waals surface area contributed by atoms with E-state index in [1.54, 1.807) is 24.3 Å². The molecule has 0 spiro atoms. The Hall–Kier alpha value is -1.92. The van der Waals surface area contributed by atoms with Crippen LogP contribution in [0.25, 0.3) is 0 Å². The Kier molecular flexibility index (Phi) is 12.1. The second-order valence-electron chi connectivity index (χ2n) is 6.12. The molecule has 0 unspecified atom stereocenters. The van der Waals surface area contributed by atoms with Gasteiger partial charge in [0.1, 0.15) is 0 Å². The first-order valence-electron chi connectivity index (χ1n) is 9.35. The number of aliphatic hydroxyl groups is 2. The molecule has 0 aliphatic heterocycles. The van der Waals surface area contributed by atoms with Gasteiger partial charge in [0, 0.05) is 13.2 Å². The summed E-state index contributed by atoms with van der Waals surface area (Å²) in [6, 6.07) is 6.25. The van der Waals surface area contributed by atoms with E-state index in [-0.39, 0.29) is 13.2 Å². The molecule has 6 heteroatoms. The van der Waals surface area contributed by atoms with E-state index >= 15 is 0 Å². The van der Waals surface area contributed by atoms with Crippen LogP contribution in [0.1, 0.15) is 72.1 Å². The lowest BCUT2D eigenvalue weighted by atomic mass is 10.1. The van der Waals surface area contributed by atoms with Gasteiger partial charge in [0.2, 0.25) is 0 Å². The maximum Gasteiger partial charge on any atom is 0.338 e. The van der Waals surface area contributed by atoms with Crippen molar-refractivity contribution in [1.82, 2.24) is 0 Å². The average molecular weight is 366 g/mol. The van der Waals surface area contributed by atoms with E-state index in [0.717, 1.165) is 51.4 Å². The van der Waals surface area contributed by atoms with Gasteiger partial charge in [0.25, 0.3) is 0 Å². The van der Waals surface area contributed by atoms with Crippen LogP contribution in [0.15, 0.2) is 24.3 Å². The number of rotatable bonds is 14. The first-order chi connectivity index (χ1) is 12.7. The van der Waals surface area contributed by atoms with E-state index in [1.165, 1.54) is 0 Å². The Labute approximate surface area is 155 Å². The van der Waals surface area contributed by atoms with Crippen LogP contribution < -0.4 is 0 Å². The minimum absolute atomic E-state index is 0.193. The van der Waals surface area contributed by atoms with E-state index in [9.17, 15) is 9.59 Å². The fourth-order valence-electron chi connectivity index (χ4n) is 2.37. The molecule has 0 radical (unpaired) electrons. The van der Waals surface area contributed by atoms with Crippen molar-refractivity contribution in [3.63, 3.8) is 0 Å². The molecule has 0 heterocycles. The fourth-order valence-corrected chi connectivity index (χ4v) is 2.37. The SMILES string of the molecule is O=C(OCCCCCCO)c1ccc(C(=O)OCCCCCCO)cc1. The quantitative estimate of drug-likeness (QED) is 0.388. The Morgan fingerprint density at radius 2 is 0.962 bits per heavy atom. The highest BCUT2D eigenvalue weighted by Gasteiger charge is 2.10. The van der Waals surface area contributed by atoms with Crippen molar-refractivity contribution in [2.24, 2.45) is 0 Å². The number of esters is 2. The number of ether oxygens (including phenoxy) is 2. The standard InChI is InChI=1S/C20H30O6/c21-13-5-1-3-7-15-25-19(23)17-9-11-18(12-10-17)20(24)26-16-8-4-2-6-14-22/h9-12,21-22H,1-8,13-16H2. The summed E-state index contributed by atoms with van der Waals surface area (Å²) in [6.45, 7) is 1.09. The highest BCUT2D eigenvalue weighted by Crippen LogP contribution is 2.09. The molecule has 0 aromatic heterocycles. The van der Waals surface area contributed by atoms with E-state index in [2.05, 4.69) is 0 Å². The molecule has 0 bridgehead atoms. The van der Waals surface area contributed by atoms with Crippen molar-refractivity contribution in [3.8, 4) is 0 Å². The van der Waals surface area contributed by atoms with Crippen molar-refractivity contribution in [2.75, 3.05) is 26.4 Å². The summed E-state index contributed by atoms with van der Waals surface area (Å²) in [5.41, 5.74) is 0.807. The molecule has 1 aromatic carbocycles. The van der Waals surface area contributed by atoms with Gasteiger partial charge in [-0.3, -0.25) is 0 Å². The first-order valence-corrected chi connectivity index (χ1v) is 9.35. The zero-order valence-corrected chi connectivity index (χ0v) is 15.3. The molecular formula is C20H30O6. The van der Waals surface area contributed by atoms with Gasteiger partial charge >= 0.3 is 11.9 Å². The van der Waals surface area contributed by atoms with Gasteiger partial charge in [-0.2, -0.15) is 0 Å². The third-order valence-corrected chi connectivity index (χ3v) is 3.93. The molecule has 0 amide bonds. The van der Waals surface area contributed by atoms with Crippen LogP contribution in [-0.2, 0) is 9.47 Å². The largest absolute Gasteiger partial charge is 0.462 e. The average Bonchev–Trinajstić information content (AvgIpc) is 2.67. The Morgan fingerprint density at radius 3 is 1.31 bits per heavy atom. The second kappa shape index (κ2) is 14.3. The summed E-state index contributed by atoms with van der Waals surface area (Å²) in [5.74, 6) is -0.813. The molecule has 0 aliphatic rings. The van der Waals surface area contributed by atoms with Gasteiger partial charge in [0.05, 0.1) is 24.3 Å². The summed E-state index contributed by atoms with van der Waals surface area (Å²) < 4.78 is 10.4. The Bertz CT molecular complexity index is 465. The molecule has 146 valence electrons. The third kappa shape index (κ3) is 9.53. The molecule has 0 saturated carbocycles. The van der Waals surface area contributed by atoms with Gasteiger partial charge in [-0.1, -0.05) is 12.8 Å². The topological polar surface area (TPSA) is 93.1 Å². The van der Waals surface area contributed by atoms with Gasteiger partial charge in [-0.05, 0) is 62.8 Å². The van der Waals surface area contributed by atoms with Gasteiger partial charge in [-0.15, -0.1) is 0 Å². The normalized spacial score (nSPS) is 10.5. The second-order valence-corrected chi connectivity index (χ2v) is 6.12. The maximum atomic E-state index is 11.9. The first kappa shape index (κ1) is 22.1. The molecule has 6 nitrogen and oxygen atoms in total. The Morgan fingerprint density at radius 1 is 0.615 bits per heavy atom. The molecular weight excluding hydrogens is 336 g/mol. The highest BCUT2D eigenvalue weighted by atomic mass is 16.5. The predicted octanol–water partition coefficient (Wildman–Crippen LogP) is 3.11. The van der Waals surface area contributed by atoms with Crippen molar-refractivity contribution >= 4 is 11.9 Å². The lowest BCUT2D eigenvalue weighted by Crippen LogP contribution is -2.09. The maximum absolute atomic E-state index is 11.9. The zero-order valence-electron chi connectivity index (χ0n) is 15.3. The number of carbonyl (C=O) groups excluding carboxylic acids is 2. The molecule has 0 fully saturated rings. The van der Waals surface area contributed by atoms with Gasteiger partial charge in [-0.25, -0.2) is 9.59 Å². The van der Waals surface area contributed by atoms with Crippen LogP contribution >= 0.6 is 0 Å². The van der Waals surface area contributed by atoms with Crippen LogP contribution in [-0.4, -0.2) is 48.6 Å². The molecule has 1 aromatic rings. The van der Waals surface area contributed by atoms with Gasteiger partial charge < -0.3 is 19.7 Å². The van der Waals surface area contributed by atoms with Crippen molar-refractivity contribution < 1.29 is 29.3 Å². The Balaban J connectivity index is 2.26. The van der Waals surface area contributed by atoms with Crippen molar-refractivity contribution in [1.29, 1.82) is 0 Å². The number of carbonyl (C=O) groups is 2. The summed E-state index contributed by atoms with van der Waals surface area (Å²) in [7, 11) is 0. The van der Waals surface area contributed by atoms with Crippen molar-refractivity contribution in [2.45, 2.75) is 51.4 Å². The molecule has 0 aliphatic carbocycles. The lowest BCUT2D eigenvalue weighted by Gasteiger charge is -2.07. The van der Waals surface area contributed by atoms with Crippen LogP contribution in [0.3, 0.4) is 0 Å². The zero-order chi connectivity index (χ0) is 19.0. The van der Waals surface area contributed by atoms with E-state index in [4.69, 9.17) is 19.7 Å². The lowest BCUT2D eigenvalue weighted by molar-refractivity contribution is 0.0483. The van der Waals surface area contributed by atoms with Crippen LogP contribution in [0.5, 0.6) is 0 Å². The van der Waals surface area contributed by atoms with Crippen LogP contribution in [0.2, 0.25) is 0 Å². The number of hydrogen-bond acceptors (Lipinski definition) is 6. The summed E-state index contributed by atoms with van der Waals surface area (Å²) in [5, 5.41) is 17.4. The molecule has 0 atom stereocenters. The van der Waals surface area contributed by atoms with Crippen LogP contribution in [0, 0.1) is 0 Å². The summed E-state index contributed by atoms with van der Waals surface area (Å²) in [4.78, 5) is 23.8. The molecule has 0 saturated heterocycles. The highest BCUT2D eigenvalue weighted by molar-refractivity contribution is 5.93. The van der Waals surface area contributed by atoms with E-state index in [0.29, 0.717) is 24.3 Å². The van der Waals surface area contributed by atoms with E-state index in [1.807, 2.05) is 0 Å². The van der Waals surface area contributed by atoms with Crippen LogP contribution in [0.4, 0.5) is 0 Å². The smallest absolute Gasteiger partial charge is 0.338 e. The predicted molar refractivity (Wildman–Crippen MR) is 98.1 cm³/mol.